The first-order chi connectivity index (χ1) is 8.09. The van der Waals surface area contributed by atoms with Gasteiger partial charge in [-0.25, -0.2) is 0 Å². The maximum atomic E-state index is 11.4. The van der Waals surface area contributed by atoms with Crippen molar-refractivity contribution in [3.8, 4) is 0 Å². The number of carbonyl (C=O) groups is 2. The summed E-state index contributed by atoms with van der Waals surface area (Å²) in [6.45, 7) is 0.495. The monoisotopic (exact) mass is 235 g/mol. The number of primary amides is 1. The fourth-order valence-electron chi connectivity index (χ4n) is 1.42. The second kappa shape index (κ2) is 6.65. The molecule has 0 unspecified atom stereocenters. The molecule has 2 amide bonds. The van der Waals surface area contributed by atoms with Gasteiger partial charge in [-0.3, -0.25) is 9.59 Å². The third-order valence-electron chi connectivity index (χ3n) is 2.31. The molecule has 0 bridgehead atoms. The van der Waals surface area contributed by atoms with Crippen LogP contribution in [0.15, 0.2) is 30.3 Å². The molecular weight excluding hydrogens is 218 g/mol. The van der Waals surface area contributed by atoms with Gasteiger partial charge >= 0.3 is 0 Å². The first-order valence-electron chi connectivity index (χ1n) is 5.45. The van der Waals surface area contributed by atoms with Crippen molar-refractivity contribution < 1.29 is 9.59 Å². The van der Waals surface area contributed by atoms with Crippen molar-refractivity contribution in [2.45, 2.75) is 18.9 Å². The summed E-state index contributed by atoms with van der Waals surface area (Å²) in [4.78, 5) is 22.0. The van der Waals surface area contributed by atoms with E-state index in [1.807, 2.05) is 30.3 Å². The van der Waals surface area contributed by atoms with E-state index >= 15 is 0 Å². The van der Waals surface area contributed by atoms with Crippen molar-refractivity contribution in [2.75, 3.05) is 6.54 Å². The quantitative estimate of drug-likeness (QED) is 0.622. The van der Waals surface area contributed by atoms with E-state index in [2.05, 4.69) is 5.32 Å². The third kappa shape index (κ3) is 5.12. The summed E-state index contributed by atoms with van der Waals surface area (Å²) in [6, 6.07) is 8.92. The highest BCUT2D eigenvalue weighted by Gasteiger charge is 2.14. The summed E-state index contributed by atoms with van der Waals surface area (Å²) in [5.41, 5.74) is 11.6. The van der Waals surface area contributed by atoms with Gasteiger partial charge in [0, 0.05) is 6.54 Å². The summed E-state index contributed by atoms with van der Waals surface area (Å²) in [5, 5.41) is 2.66. The number of nitrogens with two attached hydrogens (primary N) is 2. The maximum Gasteiger partial charge on any atom is 0.237 e. The molecule has 0 aliphatic rings. The minimum absolute atomic E-state index is 0.128. The number of hydrogen-bond acceptors (Lipinski definition) is 3. The number of nitrogens with one attached hydrogen (secondary N) is 1. The smallest absolute Gasteiger partial charge is 0.237 e. The van der Waals surface area contributed by atoms with Crippen LogP contribution in [0.4, 0.5) is 0 Å². The molecule has 0 spiro atoms. The van der Waals surface area contributed by atoms with Crippen molar-refractivity contribution in [1.82, 2.24) is 5.32 Å². The average Bonchev–Trinajstić information content (AvgIpc) is 2.29. The van der Waals surface area contributed by atoms with Crippen LogP contribution in [0.3, 0.4) is 0 Å². The Bertz CT molecular complexity index is 379. The summed E-state index contributed by atoms with van der Waals surface area (Å²) in [5.74, 6) is -0.921. The summed E-state index contributed by atoms with van der Waals surface area (Å²) < 4.78 is 0. The normalized spacial score (nSPS) is 11.8. The first kappa shape index (κ1) is 13.2. The van der Waals surface area contributed by atoms with Gasteiger partial charge in [-0.15, -0.1) is 0 Å². The fraction of sp³-hybridized carbons (Fsp3) is 0.333. The predicted octanol–water partition coefficient (Wildman–Crippen LogP) is -0.452. The Balaban J connectivity index is 2.27. The Hall–Kier alpha value is -1.88. The van der Waals surface area contributed by atoms with Crippen LogP contribution in [0.1, 0.15) is 12.0 Å². The lowest BCUT2D eigenvalue weighted by Crippen LogP contribution is -2.43. The Morgan fingerprint density at radius 2 is 1.88 bits per heavy atom. The van der Waals surface area contributed by atoms with E-state index in [0.29, 0.717) is 6.54 Å². The average molecular weight is 235 g/mol. The van der Waals surface area contributed by atoms with E-state index in [1.165, 1.54) is 0 Å². The zero-order valence-electron chi connectivity index (χ0n) is 9.56. The van der Waals surface area contributed by atoms with Crippen LogP contribution in [-0.2, 0) is 16.0 Å². The molecule has 0 saturated heterocycles. The molecule has 1 rings (SSSR count). The van der Waals surface area contributed by atoms with E-state index in [-0.39, 0.29) is 12.3 Å². The van der Waals surface area contributed by atoms with Gasteiger partial charge in [0.15, 0.2) is 0 Å². The molecule has 0 aromatic heterocycles. The van der Waals surface area contributed by atoms with E-state index in [0.717, 1.165) is 12.0 Å². The predicted molar refractivity (Wildman–Crippen MR) is 64.9 cm³/mol. The van der Waals surface area contributed by atoms with Gasteiger partial charge in [-0.1, -0.05) is 30.3 Å². The van der Waals surface area contributed by atoms with Crippen molar-refractivity contribution in [2.24, 2.45) is 11.5 Å². The molecule has 0 aliphatic heterocycles. The van der Waals surface area contributed by atoms with Gasteiger partial charge in [0.05, 0.1) is 12.5 Å². The van der Waals surface area contributed by atoms with Crippen LogP contribution in [0, 0.1) is 0 Å². The number of benzene rings is 1. The summed E-state index contributed by atoms with van der Waals surface area (Å²) in [6.07, 6.45) is 0.604. The van der Waals surface area contributed by atoms with Crippen molar-refractivity contribution >= 4 is 11.8 Å². The number of rotatable bonds is 6. The van der Waals surface area contributed by atoms with Gasteiger partial charge in [0.25, 0.3) is 0 Å². The molecule has 1 atom stereocenters. The molecule has 5 nitrogen and oxygen atoms in total. The van der Waals surface area contributed by atoms with E-state index in [4.69, 9.17) is 11.5 Å². The lowest BCUT2D eigenvalue weighted by molar-refractivity contribution is -0.126. The molecule has 0 aliphatic carbocycles. The lowest BCUT2D eigenvalue weighted by atomic mass is 10.1. The minimum Gasteiger partial charge on any atom is -0.370 e. The minimum atomic E-state index is -0.858. The molecule has 92 valence electrons. The van der Waals surface area contributed by atoms with Crippen LogP contribution in [0.2, 0.25) is 0 Å². The Kier molecular flexibility index (Phi) is 5.16. The Morgan fingerprint density at radius 3 is 2.47 bits per heavy atom. The van der Waals surface area contributed by atoms with Crippen LogP contribution < -0.4 is 16.8 Å². The molecule has 0 radical (unpaired) electrons. The van der Waals surface area contributed by atoms with Gasteiger partial charge in [0.2, 0.25) is 11.8 Å². The highest BCUT2D eigenvalue weighted by atomic mass is 16.2. The van der Waals surface area contributed by atoms with E-state index < -0.39 is 11.9 Å². The SMILES string of the molecule is NC(=O)C[C@H](N)C(=O)NCCc1ccccc1. The van der Waals surface area contributed by atoms with Crippen molar-refractivity contribution in [3.05, 3.63) is 35.9 Å². The molecule has 17 heavy (non-hydrogen) atoms. The van der Waals surface area contributed by atoms with Crippen molar-refractivity contribution in [3.63, 3.8) is 0 Å². The number of carbonyl (C=O) groups excluding carboxylic acids is 2. The molecule has 1 aromatic rings. The molecule has 5 heteroatoms. The van der Waals surface area contributed by atoms with Crippen LogP contribution >= 0.6 is 0 Å². The summed E-state index contributed by atoms with van der Waals surface area (Å²) >= 11 is 0. The van der Waals surface area contributed by atoms with Gasteiger partial charge < -0.3 is 16.8 Å². The zero-order chi connectivity index (χ0) is 12.7. The van der Waals surface area contributed by atoms with Crippen LogP contribution in [0.25, 0.3) is 0 Å². The highest BCUT2D eigenvalue weighted by Crippen LogP contribution is 1.98. The second-order valence-electron chi connectivity index (χ2n) is 3.80. The third-order valence-corrected chi connectivity index (χ3v) is 2.31. The fourth-order valence-corrected chi connectivity index (χ4v) is 1.42. The molecule has 0 saturated carbocycles. The standard InChI is InChI=1S/C12H17N3O2/c13-10(8-11(14)16)12(17)15-7-6-9-4-2-1-3-5-9/h1-5,10H,6-8,13H2,(H2,14,16)(H,15,17)/t10-/m0/s1. The number of amides is 2. The molecule has 0 fully saturated rings. The Labute approximate surface area is 100 Å². The second-order valence-corrected chi connectivity index (χ2v) is 3.80. The first-order valence-corrected chi connectivity index (χ1v) is 5.45. The lowest BCUT2D eigenvalue weighted by Gasteiger charge is -2.10. The maximum absolute atomic E-state index is 11.4. The van der Waals surface area contributed by atoms with Gasteiger partial charge in [-0.2, -0.15) is 0 Å². The summed E-state index contributed by atoms with van der Waals surface area (Å²) in [7, 11) is 0. The van der Waals surface area contributed by atoms with E-state index in [1.54, 1.807) is 0 Å². The zero-order valence-corrected chi connectivity index (χ0v) is 9.56. The van der Waals surface area contributed by atoms with Gasteiger partial charge in [0.1, 0.15) is 0 Å². The largest absolute Gasteiger partial charge is 0.370 e. The highest BCUT2D eigenvalue weighted by molar-refractivity contribution is 5.87. The van der Waals surface area contributed by atoms with Crippen molar-refractivity contribution in [1.29, 1.82) is 0 Å². The van der Waals surface area contributed by atoms with Crippen LogP contribution in [-0.4, -0.2) is 24.4 Å². The molecule has 1 aromatic carbocycles. The topological polar surface area (TPSA) is 98.2 Å². The Morgan fingerprint density at radius 1 is 1.24 bits per heavy atom. The van der Waals surface area contributed by atoms with Crippen LogP contribution in [0.5, 0.6) is 0 Å². The molecule has 5 N–H and O–H groups in total. The number of hydrogen-bond donors (Lipinski definition) is 3. The van der Waals surface area contributed by atoms with Gasteiger partial charge in [-0.05, 0) is 12.0 Å². The van der Waals surface area contributed by atoms with E-state index in [9.17, 15) is 9.59 Å². The molecular formula is C12H17N3O2. The molecule has 0 heterocycles.